The van der Waals surface area contributed by atoms with Gasteiger partial charge < -0.3 is 14.9 Å². The van der Waals surface area contributed by atoms with E-state index < -0.39 is 66.0 Å². The zero-order chi connectivity index (χ0) is 24.2. The largest absolute Gasteiger partial charge is 0.448 e. The third kappa shape index (κ3) is 4.07. The van der Waals surface area contributed by atoms with Crippen LogP contribution in [0, 0.1) is 5.82 Å². The summed E-state index contributed by atoms with van der Waals surface area (Å²) in [6, 6.07) is 2.74. The van der Waals surface area contributed by atoms with Crippen molar-refractivity contribution in [3.8, 4) is 5.75 Å². The summed E-state index contributed by atoms with van der Waals surface area (Å²) in [6.07, 6.45) is -5.11. The lowest BCUT2D eigenvalue weighted by molar-refractivity contribution is -0.0863. The molecule has 2 aliphatic rings. The summed E-state index contributed by atoms with van der Waals surface area (Å²) in [6.45, 7) is 8.98. The molecule has 1 atom stereocenters. The van der Waals surface area contributed by atoms with Gasteiger partial charge in [0.05, 0.1) is 11.1 Å². The maximum atomic E-state index is 14.8. The normalized spacial score (nSPS) is 19.9. The van der Waals surface area contributed by atoms with E-state index in [0.29, 0.717) is 0 Å². The number of ether oxygens (including phenoxy) is 1. The summed E-state index contributed by atoms with van der Waals surface area (Å²) >= 11 is 0. The van der Waals surface area contributed by atoms with Crippen LogP contribution in [0.3, 0.4) is 0 Å². The number of hydrogen-bond acceptors (Lipinski definition) is 3. The maximum absolute atomic E-state index is 14.8. The Labute approximate surface area is 183 Å². The summed E-state index contributed by atoms with van der Waals surface area (Å²) in [5.41, 5.74) is 7.26. The lowest BCUT2D eigenvalue weighted by Crippen LogP contribution is -2.58. The van der Waals surface area contributed by atoms with E-state index in [0.717, 1.165) is 18.2 Å². The molecule has 4 nitrogen and oxygen atoms in total. The van der Waals surface area contributed by atoms with Gasteiger partial charge in [-0.25, -0.2) is 13.2 Å². The minimum Gasteiger partial charge on any atom is -0.448 e. The van der Waals surface area contributed by atoms with Gasteiger partial charge >= 0.3 is 5.92 Å². The number of carbonyl (C=O) groups excluding carboxylic acids is 1. The summed E-state index contributed by atoms with van der Waals surface area (Å²) in [5.74, 6) is -6.31. The van der Waals surface area contributed by atoms with Gasteiger partial charge in [-0.1, -0.05) is 26.5 Å². The Morgan fingerprint density at radius 2 is 1.81 bits per heavy atom. The molecule has 3 rings (SSSR count). The molecule has 0 spiro atoms. The number of alkyl halides is 4. The Hall–Kier alpha value is -2.64. The highest BCUT2D eigenvalue weighted by Gasteiger charge is 2.63. The van der Waals surface area contributed by atoms with E-state index in [9.17, 15) is 26.7 Å². The van der Waals surface area contributed by atoms with E-state index in [1.165, 1.54) is 0 Å². The minimum atomic E-state index is -3.53. The molecule has 0 bridgehead atoms. The predicted octanol–water partition coefficient (Wildman–Crippen LogP) is 5.48. The molecule has 1 fully saturated rings. The van der Waals surface area contributed by atoms with Crippen molar-refractivity contribution in [2.24, 2.45) is 5.73 Å². The number of benzene rings is 1. The van der Waals surface area contributed by atoms with Gasteiger partial charge in [-0.15, -0.1) is 0 Å². The van der Waals surface area contributed by atoms with Crippen LogP contribution in [0.2, 0.25) is 18.1 Å². The second-order valence-electron chi connectivity index (χ2n) is 9.11. The van der Waals surface area contributed by atoms with E-state index in [4.69, 9.17) is 14.9 Å². The average molecular weight is 471 g/mol. The van der Waals surface area contributed by atoms with Crippen LogP contribution >= 0.6 is 0 Å². The molecule has 10 heteroatoms. The van der Waals surface area contributed by atoms with Crippen molar-refractivity contribution in [2.75, 3.05) is 0 Å². The van der Waals surface area contributed by atoms with Gasteiger partial charge in [0, 0.05) is 17.2 Å². The number of fused-ring (bicyclic) bond motifs is 1. The highest BCUT2D eigenvalue weighted by atomic mass is 28.4. The summed E-state index contributed by atoms with van der Waals surface area (Å²) in [7, 11) is -2.76. The summed E-state index contributed by atoms with van der Waals surface area (Å²) in [4.78, 5) is 11.3. The Morgan fingerprint density at radius 3 is 2.34 bits per heavy atom. The van der Waals surface area contributed by atoms with E-state index in [1.54, 1.807) is 13.1 Å². The predicted molar refractivity (Wildman–Crippen MR) is 110 cm³/mol. The third-order valence-electron chi connectivity index (χ3n) is 5.84. The lowest BCUT2D eigenvalue weighted by Gasteiger charge is -2.48. The number of carbonyl (C=O) groups is 1. The summed E-state index contributed by atoms with van der Waals surface area (Å²) < 4.78 is 82.5. The van der Waals surface area contributed by atoms with Gasteiger partial charge in [0.1, 0.15) is 17.7 Å². The molecule has 1 aromatic carbocycles. The lowest BCUT2D eigenvalue weighted by atomic mass is 9.74. The van der Waals surface area contributed by atoms with Gasteiger partial charge in [0.25, 0.3) is 6.43 Å². The first-order valence-electron chi connectivity index (χ1n) is 9.69. The van der Waals surface area contributed by atoms with Crippen LogP contribution in [0.1, 0.15) is 31.1 Å². The van der Waals surface area contributed by atoms with Crippen molar-refractivity contribution in [3.05, 3.63) is 63.5 Å². The number of amides is 1. The number of hydrogen-bond donors (Lipinski definition) is 1. The van der Waals surface area contributed by atoms with Crippen LogP contribution in [0.4, 0.5) is 22.0 Å². The number of allylic oxidation sites excluding steroid dienone is 1. The number of nitrogens with two attached hydrogens (primary N) is 1. The van der Waals surface area contributed by atoms with Crippen molar-refractivity contribution in [3.63, 3.8) is 0 Å². The molecule has 2 aliphatic carbocycles. The maximum Gasteiger partial charge on any atom is 0.309 e. The van der Waals surface area contributed by atoms with Crippen molar-refractivity contribution in [1.82, 2.24) is 0 Å². The summed E-state index contributed by atoms with van der Waals surface area (Å²) in [5, 5.41) is -0.444. The molecule has 1 unspecified atom stereocenters. The Kier molecular flexibility index (Phi) is 5.81. The first-order valence-corrected chi connectivity index (χ1v) is 12.6. The molecule has 1 amide bonds. The molecule has 0 aromatic heterocycles. The van der Waals surface area contributed by atoms with Crippen LogP contribution in [0.25, 0.3) is 0 Å². The quantitative estimate of drug-likeness (QED) is 0.339. The molecule has 0 aliphatic heterocycles. The minimum absolute atomic E-state index is 0.253. The number of primary amides is 1. The van der Waals surface area contributed by atoms with E-state index in [1.807, 2.05) is 20.8 Å². The molecule has 172 valence electrons. The monoisotopic (exact) mass is 471 g/mol. The SMILES string of the molecule is CC(C)(C)[Si](C)(C)OC1C2=C(C(F)F)C(Oc3cc(F)cc(C(N)=O)c3)=C=C=C2C1(F)F. The molecular weight excluding hydrogens is 449 g/mol. The Bertz CT molecular complexity index is 1120. The molecule has 0 heterocycles. The van der Waals surface area contributed by atoms with Gasteiger partial charge in [0.2, 0.25) is 5.91 Å². The standard InChI is InChI=1S/C22H22F5NO3Si/c1-21(2,3)32(4,5)31-18-16-14(22(18,26)27)6-7-15(17(16)19(24)25)30-13-9-11(20(28)29)8-12(23)10-13/h8-10,18-19H,1-5H3,(H2,28,29). The van der Waals surface area contributed by atoms with Crippen LogP contribution in [0.5, 0.6) is 5.75 Å². The zero-order valence-corrected chi connectivity index (χ0v) is 19.1. The highest BCUT2D eigenvalue weighted by Crippen LogP contribution is 2.55. The van der Waals surface area contributed by atoms with E-state index in [2.05, 4.69) is 11.5 Å². The fourth-order valence-corrected chi connectivity index (χ4v) is 4.27. The zero-order valence-electron chi connectivity index (χ0n) is 18.1. The van der Waals surface area contributed by atoms with Crippen LogP contribution in [-0.2, 0) is 4.43 Å². The topological polar surface area (TPSA) is 61.6 Å². The first-order chi connectivity index (χ1) is 14.6. The Balaban J connectivity index is 2.08. The van der Waals surface area contributed by atoms with Gasteiger partial charge in [-0.2, -0.15) is 8.78 Å². The number of rotatable bonds is 6. The van der Waals surface area contributed by atoms with Gasteiger partial charge in [-0.05, 0) is 36.0 Å². The smallest absolute Gasteiger partial charge is 0.309 e. The third-order valence-corrected chi connectivity index (χ3v) is 10.3. The molecule has 32 heavy (non-hydrogen) atoms. The van der Waals surface area contributed by atoms with Crippen molar-refractivity contribution in [1.29, 1.82) is 0 Å². The molecule has 0 radical (unpaired) electrons. The molecule has 1 saturated carbocycles. The van der Waals surface area contributed by atoms with Gasteiger partial charge in [-0.3, -0.25) is 4.79 Å². The molecule has 0 saturated heterocycles. The van der Waals surface area contributed by atoms with Crippen LogP contribution < -0.4 is 10.5 Å². The van der Waals surface area contributed by atoms with Crippen molar-refractivity contribution >= 4 is 14.2 Å². The van der Waals surface area contributed by atoms with E-state index in [-0.39, 0.29) is 11.3 Å². The molecular formula is C22H22F5NO3Si. The van der Waals surface area contributed by atoms with Crippen molar-refractivity contribution in [2.45, 2.75) is 57.4 Å². The van der Waals surface area contributed by atoms with Gasteiger partial charge in [0.15, 0.2) is 14.1 Å². The second-order valence-corrected chi connectivity index (χ2v) is 13.9. The molecule has 1 aromatic rings. The second kappa shape index (κ2) is 7.74. The first kappa shape index (κ1) is 24.0. The number of halogens is 5. The fraction of sp³-hybridized carbons (Fsp3) is 0.409. The van der Waals surface area contributed by atoms with E-state index >= 15 is 0 Å². The van der Waals surface area contributed by atoms with Crippen LogP contribution in [-0.4, -0.2) is 32.7 Å². The fourth-order valence-electron chi connectivity index (χ4n) is 3.06. The molecule has 2 N–H and O–H groups in total. The van der Waals surface area contributed by atoms with Crippen LogP contribution in [0.15, 0.2) is 52.1 Å². The Morgan fingerprint density at radius 1 is 1.19 bits per heavy atom. The van der Waals surface area contributed by atoms with Crippen molar-refractivity contribution < 1.29 is 35.9 Å². The highest BCUT2D eigenvalue weighted by molar-refractivity contribution is 6.74. The average Bonchev–Trinajstić information content (AvgIpc) is 2.64.